The largest absolute Gasteiger partial charge is 0.463 e. The quantitative estimate of drug-likeness (QED) is 0.0513. The van der Waals surface area contributed by atoms with Gasteiger partial charge in [0.05, 0.1) is 40.6 Å². The Morgan fingerprint density at radius 2 is 1.72 bits per heavy atom. The topological polar surface area (TPSA) is 171 Å². The summed E-state index contributed by atoms with van der Waals surface area (Å²) in [6.45, 7) is 2.16. The minimum atomic E-state index is -0.963. The summed E-state index contributed by atoms with van der Waals surface area (Å²) in [7, 11) is 0. The molecule has 0 spiro atoms. The molecule has 1 aliphatic heterocycles. The van der Waals surface area contributed by atoms with Crippen LogP contribution in [-0.2, 0) is 43.4 Å². The van der Waals surface area contributed by atoms with Crippen LogP contribution in [0.3, 0.4) is 0 Å². The molecule has 3 N–H and O–H groups in total. The highest BCUT2D eigenvalue weighted by Crippen LogP contribution is 2.44. The lowest BCUT2D eigenvalue weighted by molar-refractivity contribution is -0.130. The number of rotatable bonds is 15. The van der Waals surface area contributed by atoms with Gasteiger partial charge in [-0.2, -0.15) is 0 Å². The maximum Gasteiger partial charge on any atom is 0.407 e. The Kier molecular flexibility index (Phi) is 10.7. The van der Waals surface area contributed by atoms with Gasteiger partial charge in [0.2, 0.25) is 5.91 Å². The van der Waals surface area contributed by atoms with Gasteiger partial charge in [-0.25, -0.2) is 9.78 Å². The number of aryl methyl sites for hydroxylation is 1. The summed E-state index contributed by atoms with van der Waals surface area (Å²) in [6, 6.07) is 25.7. The van der Waals surface area contributed by atoms with Crippen molar-refractivity contribution in [1.82, 2.24) is 25.2 Å². The Morgan fingerprint density at radius 3 is 2.47 bits per heavy atom. The van der Waals surface area contributed by atoms with Gasteiger partial charge < -0.3 is 34.5 Å². The monoisotopic (exact) mass is 767 g/mol. The number of nitrogens with zero attached hydrogens (tertiary/aromatic N) is 3. The first-order valence-corrected chi connectivity index (χ1v) is 19.0. The maximum absolute atomic E-state index is 13.8. The average molecular weight is 768 g/mol. The molecule has 1 atom stereocenters. The molecule has 0 saturated heterocycles. The summed E-state index contributed by atoms with van der Waals surface area (Å²) in [5.74, 6) is -0.481. The predicted octanol–water partition coefficient (Wildman–Crippen LogP) is 5.65. The first-order chi connectivity index (χ1) is 27.8. The van der Waals surface area contributed by atoms with E-state index in [-0.39, 0.29) is 56.5 Å². The molecular weight excluding hydrogens is 727 g/mol. The number of aliphatic hydroxyl groups is 1. The maximum atomic E-state index is 13.8. The minimum Gasteiger partial charge on any atom is -0.463 e. The zero-order chi connectivity index (χ0) is 39.5. The van der Waals surface area contributed by atoms with Gasteiger partial charge in [0.1, 0.15) is 26.5 Å². The Labute approximate surface area is 327 Å². The molecule has 57 heavy (non-hydrogen) atoms. The third-order valence-electron chi connectivity index (χ3n) is 10.8. The van der Waals surface area contributed by atoms with Gasteiger partial charge in [-0.15, -0.1) is 0 Å². The molecule has 3 aromatic heterocycles. The van der Waals surface area contributed by atoms with Gasteiger partial charge in [-0.05, 0) is 83.8 Å². The van der Waals surface area contributed by atoms with Crippen LogP contribution < -0.4 is 16.2 Å². The Balaban J connectivity index is 0.866. The lowest BCUT2D eigenvalue weighted by Gasteiger charge is -2.15. The van der Waals surface area contributed by atoms with Crippen LogP contribution in [0, 0.1) is 0 Å². The molecule has 1 aliphatic carbocycles. The van der Waals surface area contributed by atoms with Crippen molar-refractivity contribution in [3.8, 4) is 22.5 Å². The van der Waals surface area contributed by atoms with Crippen molar-refractivity contribution in [3.05, 3.63) is 129 Å². The van der Waals surface area contributed by atoms with Crippen LogP contribution in [-0.4, -0.2) is 64.6 Å². The number of unbranched alkanes of at least 4 members (excludes halogenated alkanes) is 1. The van der Waals surface area contributed by atoms with Crippen molar-refractivity contribution >= 4 is 40.3 Å². The minimum absolute atomic E-state index is 0.0188. The van der Waals surface area contributed by atoms with Crippen molar-refractivity contribution in [1.29, 1.82) is 0 Å². The smallest absolute Gasteiger partial charge is 0.407 e. The molecule has 0 radical (unpaired) electrons. The number of carbonyl (C=O) groups is 3. The molecule has 290 valence electrons. The van der Waals surface area contributed by atoms with Crippen molar-refractivity contribution < 1.29 is 33.7 Å². The summed E-state index contributed by atoms with van der Waals surface area (Å²) < 4.78 is 17.8. The first kappa shape index (κ1) is 37.5. The molecule has 13 heteroatoms. The highest BCUT2D eigenvalue weighted by Gasteiger charge is 2.31. The van der Waals surface area contributed by atoms with Crippen LogP contribution in [0.15, 0.2) is 89.9 Å². The summed E-state index contributed by atoms with van der Waals surface area (Å²) in [5.41, 5.74) is 9.61. The number of nitrogens with one attached hydrogen (secondary N) is 2. The fourth-order valence-electron chi connectivity index (χ4n) is 8.12. The van der Waals surface area contributed by atoms with E-state index < -0.39 is 18.1 Å². The summed E-state index contributed by atoms with van der Waals surface area (Å²) >= 11 is 0. The number of alkyl carbamates (subject to hydrolysis) is 1. The number of hydrogen-bond acceptors (Lipinski definition) is 10. The molecule has 0 saturated carbocycles. The number of pyridine rings is 3. The van der Waals surface area contributed by atoms with Gasteiger partial charge in [0.15, 0.2) is 0 Å². The molecule has 0 fully saturated rings. The lowest BCUT2D eigenvalue weighted by atomic mass is 9.93. The molecule has 4 heterocycles. The molecule has 2 amide bonds. The number of aliphatic hydroxyl groups excluding tert-OH is 1. The Morgan fingerprint density at radius 1 is 0.965 bits per heavy atom. The molecular formula is C44H41N5O8. The number of benzene rings is 3. The predicted molar refractivity (Wildman–Crippen MR) is 212 cm³/mol. The van der Waals surface area contributed by atoms with Crippen LogP contribution in [0.1, 0.15) is 65.2 Å². The van der Waals surface area contributed by atoms with Crippen molar-refractivity contribution in [2.45, 2.75) is 51.4 Å². The van der Waals surface area contributed by atoms with E-state index in [2.05, 4.69) is 27.8 Å². The van der Waals surface area contributed by atoms with Crippen LogP contribution >= 0.6 is 0 Å². The molecule has 3 aromatic carbocycles. The van der Waals surface area contributed by atoms with E-state index in [9.17, 15) is 24.3 Å². The highest BCUT2D eigenvalue weighted by molar-refractivity contribution is 6.08. The molecule has 1 unspecified atom stereocenters. The second kappa shape index (κ2) is 16.3. The number of hydrogen-bond donors (Lipinski definition) is 3. The summed E-state index contributed by atoms with van der Waals surface area (Å²) in [4.78, 5) is 59.3. The van der Waals surface area contributed by atoms with E-state index >= 15 is 0 Å². The second-order valence-electron chi connectivity index (χ2n) is 14.2. The van der Waals surface area contributed by atoms with Crippen molar-refractivity contribution in [3.63, 3.8) is 0 Å². The normalized spacial score (nSPS) is 13.1. The van der Waals surface area contributed by atoms with Crippen molar-refractivity contribution in [2.75, 3.05) is 26.5 Å². The van der Waals surface area contributed by atoms with Gasteiger partial charge >= 0.3 is 6.09 Å². The SMILES string of the molecule is CC(O)c1cc2n(c(=O)c1COC=O)Cc1c-2nc2ccc3ncccc3c2c1CCCCOCNC(=O)CNC(=O)OCC1c2ccccc2-c2ccccc21. The number of amides is 2. The lowest BCUT2D eigenvalue weighted by Crippen LogP contribution is -2.38. The highest BCUT2D eigenvalue weighted by atomic mass is 16.5. The van der Waals surface area contributed by atoms with Crippen LogP contribution in [0.2, 0.25) is 0 Å². The number of fused-ring (bicyclic) bond motifs is 9. The van der Waals surface area contributed by atoms with Gasteiger partial charge in [-0.1, -0.05) is 54.6 Å². The van der Waals surface area contributed by atoms with Crippen LogP contribution in [0.5, 0.6) is 0 Å². The zero-order valence-electron chi connectivity index (χ0n) is 31.3. The van der Waals surface area contributed by atoms with E-state index in [4.69, 9.17) is 19.2 Å². The first-order valence-electron chi connectivity index (χ1n) is 19.0. The molecule has 6 aromatic rings. The number of ether oxygens (including phenoxy) is 3. The van der Waals surface area contributed by atoms with Crippen LogP contribution in [0.25, 0.3) is 44.3 Å². The number of aromatic nitrogens is 3. The van der Waals surface area contributed by atoms with Gasteiger partial charge in [0.25, 0.3) is 12.0 Å². The van der Waals surface area contributed by atoms with E-state index in [1.165, 1.54) is 0 Å². The second-order valence-corrected chi connectivity index (χ2v) is 14.2. The summed E-state index contributed by atoms with van der Waals surface area (Å²) in [5, 5.41) is 17.7. The average Bonchev–Trinajstić information content (AvgIpc) is 3.76. The third-order valence-corrected chi connectivity index (χ3v) is 10.8. The summed E-state index contributed by atoms with van der Waals surface area (Å²) in [6.07, 6.45) is 2.19. The Hall–Kier alpha value is -6.44. The molecule has 8 rings (SSSR count). The van der Waals surface area contributed by atoms with E-state index in [0.717, 1.165) is 61.6 Å². The molecule has 2 aliphatic rings. The van der Waals surface area contributed by atoms with Gasteiger partial charge in [0, 0.05) is 35.1 Å². The van der Waals surface area contributed by atoms with Crippen LogP contribution in [0.4, 0.5) is 4.79 Å². The van der Waals surface area contributed by atoms with E-state index in [1.807, 2.05) is 60.7 Å². The van der Waals surface area contributed by atoms with E-state index in [0.29, 0.717) is 36.4 Å². The number of carbonyl (C=O) groups excluding carboxylic acids is 3. The Bertz CT molecular complexity index is 2540. The van der Waals surface area contributed by atoms with Crippen molar-refractivity contribution in [2.24, 2.45) is 0 Å². The fraction of sp³-hybridized carbons (Fsp3) is 0.273. The fourth-order valence-corrected chi connectivity index (χ4v) is 8.12. The standard InChI is InChI=1S/C44H41N5O8/c1-26(51)33-19-39-42-34(21-49(39)43(53)36(33)22-56-25-50)31(41-32-14-8-17-45-37(32)15-16-38(41)48-42)13-6-7-18-55-24-47-40(52)20-46-44(54)57-23-35-29-11-4-2-9-27(29)28-10-3-5-12-30(28)35/h2-5,8-12,14-17,19,25-26,35,51H,6-7,13,18,20-24H2,1H3,(H,46,54)(H,47,52). The van der Waals surface area contributed by atoms with Gasteiger partial charge in [-0.3, -0.25) is 19.4 Å². The zero-order valence-corrected chi connectivity index (χ0v) is 31.3. The van der Waals surface area contributed by atoms with E-state index in [1.54, 1.807) is 23.8 Å². The molecule has 13 nitrogen and oxygen atoms in total. The molecule has 0 bridgehead atoms. The third kappa shape index (κ3) is 7.34.